The molecular weight excluding hydrogens is 560 g/mol. The van der Waals surface area contributed by atoms with Gasteiger partial charge in [0.25, 0.3) is 0 Å². The molecule has 0 aliphatic heterocycles. The fraction of sp³-hybridized carbons (Fsp3) is 0.680. The molecule has 0 bridgehead atoms. The first kappa shape index (κ1) is 37.9. The number of hydrogen-bond acceptors (Lipinski definition) is 10. The molecule has 42 heavy (non-hydrogen) atoms. The topological polar surface area (TPSA) is 283 Å². The summed E-state index contributed by atoms with van der Waals surface area (Å²) in [6, 6.07) is -6.95. The molecule has 17 heteroatoms. The van der Waals surface area contributed by atoms with Crippen molar-refractivity contribution in [3.63, 3.8) is 0 Å². The molecule has 0 aromatic carbocycles. The van der Waals surface area contributed by atoms with E-state index >= 15 is 0 Å². The van der Waals surface area contributed by atoms with Crippen LogP contribution in [0.25, 0.3) is 0 Å². The maximum absolute atomic E-state index is 13.0. The molecule has 0 aliphatic carbocycles. The highest BCUT2D eigenvalue weighted by molar-refractivity contribution is 5.96. The minimum Gasteiger partial charge on any atom is -0.481 e. The number of nitrogens with two attached hydrogens (primary N) is 1. The van der Waals surface area contributed by atoms with Crippen LogP contribution in [0.1, 0.15) is 59.8 Å². The Hall–Kier alpha value is -4.12. The quantitative estimate of drug-likeness (QED) is 0.0609. The molecule has 0 aromatic heterocycles. The molecule has 6 atom stereocenters. The van der Waals surface area contributed by atoms with Crippen molar-refractivity contribution in [2.24, 2.45) is 11.7 Å². The first-order valence-electron chi connectivity index (χ1n) is 13.2. The lowest BCUT2D eigenvalue weighted by atomic mass is 10.0. The van der Waals surface area contributed by atoms with Crippen molar-refractivity contribution >= 4 is 47.7 Å². The zero-order chi connectivity index (χ0) is 32.6. The van der Waals surface area contributed by atoms with E-state index in [4.69, 9.17) is 10.8 Å². The highest BCUT2D eigenvalue weighted by atomic mass is 16.4. The fourth-order valence-electron chi connectivity index (χ4n) is 3.63. The third-order valence-electron chi connectivity index (χ3n) is 5.75. The zero-order valence-corrected chi connectivity index (χ0v) is 24.0. The van der Waals surface area contributed by atoms with Crippen molar-refractivity contribution in [2.75, 3.05) is 6.61 Å². The van der Waals surface area contributed by atoms with E-state index in [0.29, 0.717) is 6.29 Å². The number of aliphatic carboxylic acids is 1. The van der Waals surface area contributed by atoms with Crippen LogP contribution in [-0.2, 0) is 38.4 Å². The van der Waals surface area contributed by atoms with Gasteiger partial charge in [-0.3, -0.25) is 33.6 Å². The molecule has 238 valence electrons. The first-order chi connectivity index (χ1) is 19.5. The zero-order valence-electron chi connectivity index (χ0n) is 24.0. The Morgan fingerprint density at radius 2 is 1.31 bits per heavy atom. The second-order valence-electron chi connectivity index (χ2n) is 10.1. The third-order valence-corrected chi connectivity index (χ3v) is 5.75. The minimum atomic E-state index is -1.67. The summed E-state index contributed by atoms with van der Waals surface area (Å²) in [5.74, 6) is -6.55. The summed E-state index contributed by atoms with van der Waals surface area (Å²) in [5, 5.41) is 40.2. The van der Waals surface area contributed by atoms with Crippen LogP contribution in [0.5, 0.6) is 0 Å². The van der Waals surface area contributed by atoms with Crippen LogP contribution in [0.15, 0.2) is 0 Å². The summed E-state index contributed by atoms with van der Waals surface area (Å²) in [6.45, 7) is 4.80. The standard InChI is InChI=1S/C25H42N6O11/c1-12(2)9-17(23(40)28-15(10-32)5-7-19(26)36)29-25(42)21(13(3)34)31-24(41)18(11-33)30-22(39)16(27-14(4)35)6-8-20(37)38/h10,12-13,15-18,21,33-34H,5-9,11H2,1-4H3,(H2,26,36)(H,27,35)(H,28,40)(H,29,42)(H,30,39)(H,31,41)(H,37,38)/t13-,15+,16+,17+,18+,21+/m1/s1. The number of carboxylic acids is 1. The van der Waals surface area contributed by atoms with Gasteiger partial charge in [-0.25, -0.2) is 0 Å². The molecule has 10 N–H and O–H groups in total. The van der Waals surface area contributed by atoms with Crippen LogP contribution in [0, 0.1) is 5.92 Å². The highest BCUT2D eigenvalue weighted by Crippen LogP contribution is 2.08. The number of rotatable bonds is 20. The van der Waals surface area contributed by atoms with Gasteiger partial charge in [0.15, 0.2) is 0 Å². The number of nitrogens with one attached hydrogen (secondary N) is 5. The molecule has 0 aromatic rings. The molecule has 0 spiro atoms. The molecule has 0 unspecified atom stereocenters. The summed E-state index contributed by atoms with van der Waals surface area (Å²) in [7, 11) is 0. The Morgan fingerprint density at radius 1 is 0.762 bits per heavy atom. The summed E-state index contributed by atoms with van der Waals surface area (Å²) >= 11 is 0. The Bertz CT molecular complexity index is 988. The van der Waals surface area contributed by atoms with Gasteiger partial charge in [0.1, 0.15) is 30.5 Å². The average molecular weight is 603 g/mol. The molecule has 0 saturated carbocycles. The molecular formula is C25H42N6O11. The van der Waals surface area contributed by atoms with E-state index in [9.17, 15) is 48.6 Å². The molecule has 0 saturated heterocycles. The predicted molar refractivity (Wildman–Crippen MR) is 145 cm³/mol. The van der Waals surface area contributed by atoms with Crippen molar-refractivity contribution in [3.05, 3.63) is 0 Å². The lowest BCUT2D eigenvalue weighted by molar-refractivity contribution is -0.138. The van der Waals surface area contributed by atoms with E-state index in [-0.39, 0.29) is 31.6 Å². The van der Waals surface area contributed by atoms with Crippen LogP contribution in [-0.4, -0.2) is 106 Å². The maximum Gasteiger partial charge on any atom is 0.303 e. The first-order valence-corrected chi connectivity index (χ1v) is 13.2. The van der Waals surface area contributed by atoms with Crippen molar-refractivity contribution in [1.29, 1.82) is 0 Å². The van der Waals surface area contributed by atoms with Crippen LogP contribution in [0.3, 0.4) is 0 Å². The Morgan fingerprint density at radius 3 is 1.76 bits per heavy atom. The average Bonchev–Trinajstić information content (AvgIpc) is 2.88. The largest absolute Gasteiger partial charge is 0.481 e. The van der Waals surface area contributed by atoms with Gasteiger partial charge in [0, 0.05) is 19.8 Å². The van der Waals surface area contributed by atoms with Gasteiger partial charge < -0.3 is 52.4 Å². The lowest BCUT2D eigenvalue weighted by Crippen LogP contribution is -2.61. The SMILES string of the molecule is CC(=O)N[C@@H](CCC(=O)O)C(=O)N[C@@H](CO)C(=O)N[C@H](C(=O)N[C@@H](CC(C)C)C(=O)N[C@H](C=O)CCC(N)=O)[C@@H](C)O. The van der Waals surface area contributed by atoms with Crippen LogP contribution in [0.4, 0.5) is 0 Å². The number of aliphatic hydroxyl groups is 2. The monoisotopic (exact) mass is 602 g/mol. The number of primary amides is 1. The lowest BCUT2D eigenvalue weighted by Gasteiger charge is -2.28. The Balaban J connectivity index is 5.64. The van der Waals surface area contributed by atoms with Crippen LogP contribution in [0.2, 0.25) is 0 Å². The second kappa shape index (κ2) is 19.1. The normalized spacial score (nSPS) is 15.1. The number of hydrogen-bond donors (Lipinski definition) is 9. The maximum atomic E-state index is 13.0. The van der Waals surface area contributed by atoms with Gasteiger partial charge in [0.05, 0.1) is 18.8 Å². The number of carbonyl (C=O) groups is 8. The molecule has 0 rings (SSSR count). The van der Waals surface area contributed by atoms with E-state index in [1.165, 1.54) is 6.92 Å². The summed E-state index contributed by atoms with van der Waals surface area (Å²) in [6.07, 6.45) is -2.05. The molecule has 0 radical (unpaired) electrons. The number of aliphatic hydroxyl groups excluding tert-OH is 2. The van der Waals surface area contributed by atoms with Crippen molar-refractivity contribution in [2.45, 2.75) is 96.1 Å². The molecule has 0 fully saturated rings. The number of amides is 6. The van der Waals surface area contributed by atoms with E-state index in [1.807, 2.05) is 0 Å². The summed E-state index contributed by atoms with van der Waals surface area (Å²) < 4.78 is 0. The van der Waals surface area contributed by atoms with E-state index in [1.54, 1.807) is 13.8 Å². The van der Waals surface area contributed by atoms with Gasteiger partial charge in [-0.1, -0.05) is 13.8 Å². The van der Waals surface area contributed by atoms with Crippen molar-refractivity contribution in [1.82, 2.24) is 26.6 Å². The van der Waals surface area contributed by atoms with Crippen LogP contribution >= 0.6 is 0 Å². The van der Waals surface area contributed by atoms with Gasteiger partial charge >= 0.3 is 5.97 Å². The van der Waals surface area contributed by atoms with E-state index in [0.717, 1.165) is 6.92 Å². The third kappa shape index (κ3) is 15.0. The molecule has 6 amide bonds. The molecule has 0 heterocycles. The van der Waals surface area contributed by atoms with E-state index < -0.39 is 90.8 Å². The van der Waals surface area contributed by atoms with Gasteiger partial charge in [0.2, 0.25) is 35.4 Å². The van der Waals surface area contributed by atoms with Gasteiger partial charge in [-0.15, -0.1) is 0 Å². The summed E-state index contributed by atoms with van der Waals surface area (Å²) in [4.78, 5) is 96.0. The minimum absolute atomic E-state index is 0.0629. The van der Waals surface area contributed by atoms with Crippen molar-refractivity contribution in [3.8, 4) is 0 Å². The smallest absolute Gasteiger partial charge is 0.303 e. The number of aldehydes is 1. The van der Waals surface area contributed by atoms with E-state index in [2.05, 4.69) is 26.6 Å². The Kier molecular flexibility index (Phi) is 17.2. The summed E-state index contributed by atoms with van der Waals surface area (Å²) in [5.41, 5.74) is 5.08. The van der Waals surface area contributed by atoms with Gasteiger partial charge in [-0.2, -0.15) is 0 Å². The molecule has 0 aliphatic rings. The van der Waals surface area contributed by atoms with Gasteiger partial charge in [-0.05, 0) is 32.1 Å². The van der Waals surface area contributed by atoms with Crippen molar-refractivity contribution < 1.29 is 53.7 Å². The second-order valence-corrected chi connectivity index (χ2v) is 10.1. The predicted octanol–water partition coefficient (Wildman–Crippen LogP) is -3.82. The van der Waals surface area contributed by atoms with Crippen LogP contribution < -0.4 is 32.3 Å². The highest BCUT2D eigenvalue weighted by Gasteiger charge is 2.33. The number of carbonyl (C=O) groups excluding carboxylic acids is 7. The number of carboxylic acid groups (broad SMARTS) is 1. The fourth-order valence-corrected chi connectivity index (χ4v) is 3.63. The Labute approximate surface area is 242 Å². The molecule has 17 nitrogen and oxygen atoms in total.